The van der Waals surface area contributed by atoms with Crippen LogP contribution in [0.2, 0.25) is 0 Å². The zero-order chi connectivity index (χ0) is 22.8. The summed E-state index contributed by atoms with van der Waals surface area (Å²) in [5, 5.41) is 3.90. The molecule has 0 radical (unpaired) electrons. The van der Waals surface area contributed by atoms with Gasteiger partial charge < -0.3 is 18.2 Å². The Bertz CT molecular complexity index is 1140. The van der Waals surface area contributed by atoms with Gasteiger partial charge in [-0.3, -0.25) is 9.69 Å². The van der Waals surface area contributed by atoms with Crippen LogP contribution in [0.25, 0.3) is 11.4 Å². The van der Waals surface area contributed by atoms with Gasteiger partial charge in [0.15, 0.2) is 0 Å². The maximum atomic E-state index is 12.5. The molecule has 0 aliphatic carbocycles. The Hall–Kier alpha value is -2.66. The highest BCUT2D eigenvalue weighted by atomic mass is 32.2. The van der Waals surface area contributed by atoms with E-state index in [2.05, 4.69) is 27.2 Å². The lowest BCUT2D eigenvalue weighted by atomic mass is 9.99. The lowest BCUT2D eigenvalue weighted by molar-refractivity contribution is 0.180. The second-order valence-electron chi connectivity index (χ2n) is 8.57. The van der Waals surface area contributed by atoms with Crippen molar-refractivity contribution in [1.29, 1.82) is 0 Å². The third-order valence-corrected chi connectivity index (χ3v) is 7.35. The fourth-order valence-corrected chi connectivity index (χ4v) is 5.13. The summed E-state index contributed by atoms with van der Waals surface area (Å²) in [5.41, 5.74) is 3.20. The van der Waals surface area contributed by atoms with Gasteiger partial charge in [0.25, 0.3) is 0 Å². The molecule has 0 N–H and O–H groups in total. The maximum absolute atomic E-state index is 12.5. The Morgan fingerprint density at radius 3 is 2.76 bits per heavy atom. The van der Waals surface area contributed by atoms with Crippen molar-refractivity contribution in [3.63, 3.8) is 0 Å². The molecule has 3 aromatic rings. The predicted octanol–water partition coefficient (Wildman–Crippen LogP) is 2.59. The van der Waals surface area contributed by atoms with E-state index in [9.17, 15) is 9.35 Å². The lowest BCUT2D eigenvalue weighted by Crippen LogP contribution is -2.39. The summed E-state index contributed by atoms with van der Waals surface area (Å²) in [6.45, 7) is 4.13. The van der Waals surface area contributed by atoms with Crippen LogP contribution < -0.4 is 10.2 Å². The molecule has 0 saturated carbocycles. The number of hydrogen-bond donors (Lipinski definition) is 0. The molecule has 9 nitrogen and oxygen atoms in total. The van der Waals surface area contributed by atoms with Crippen LogP contribution in [0.15, 0.2) is 50.7 Å². The largest absolute Gasteiger partial charge is 0.598 e. The summed E-state index contributed by atoms with van der Waals surface area (Å²) in [6, 6.07) is 7.67. The van der Waals surface area contributed by atoms with Crippen LogP contribution in [0.4, 0.5) is 0 Å². The lowest BCUT2D eigenvalue weighted by Gasteiger charge is -2.30. The molecular formula is C23H26N4O5S. The van der Waals surface area contributed by atoms with E-state index in [1.165, 1.54) is 29.9 Å². The van der Waals surface area contributed by atoms with Gasteiger partial charge in [-0.2, -0.15) is 4.98 Å². The molecular weight excluding hydrogens is 444 g/mol. The van der Waals surface area contributed by atoms with E-state index in [-0.39, 0.29) is 11.2 Å². The monoisotopic (exact) mass is 470 g/mol. The van der Waals surface area contributed by atoms with Crippen LogP contribution in [-0.4, -0.2) is 49.9 Å². The van der Waals surface area contributed by atoms with Crippen molar-refractivity contribution < 1.29 is 18.2 Å². The van der Waals surface area contributed by atoms with Crippen LogP contribution in [-0.2, 0) is 31.0 Å². The first-order valence-electron chi connectivity index (χ1n) is 11.0. The molecule has 1 fully saturated rings. The van der Waals surface area contributed by atoms with Gasteiger partial charge in [-0.1, -0.05) is 17.3 Å². The number of ether oxygens (including phenoxy) is 1. The number of aromatic nitrogens is 2. The molecule has 2 aromatic heterocycles. The van der Waals surface area contributed by atoms with Crippen molar-refractivity contribution in [3.8, 4) is 17.1 Å². The molecule has 0 bridgehead atoms. The van der Waals surface area contributed by atoms with Gasteiger partial charge in [0, 0.05) is 49.2 Å². The highest BCUT2D eigenvalue weighted by molar-refractivity contribution is 7.88. The van der Waals surface area contributed by atoms with Crippen LogP contribution in [0.3, 0.4) is 0 Å². The SMILES string of the molecule is C[S+]([O-])N1CCC(COc2coc(CN3Cc4ccc(-c5ncon5)cc4C3)cc2=O)CC1. The Labute approximate surface area is 194 Å². The highest BCUT2D eigenvalue weighted by Crippen LogP contribution is 2.28. The number of piperidine rings is 1. The standard InChI is InChI=1S/C23H26N4O5S/c1-33(29)27-6-4-16(5-7-27)13-31-22-14-30-20(9-21(22)28)12-26-10-18-3-2-17(8-19(18)11-26)23-24-15-32-25-23/h2-3,8-9,14-16H,4-7,10-13H2,1H3. The van der Waals surface area contributed by atoms with E-state index in [1.807, 2.05) is 10.4 Å². The van der Waals surface area contributed by atoms with E-state index in [0.29, 0.717) is 30.7 Å². The van der Waals surface area contributed by atoms with Gasteiger partial charge in [-0.05, 0) is 36.0 Å². The average molecular weight is 471 g/mol. The molecule has 1 atom stereocenters. The molecule has 5 rings (SSSR count). The Balaban J connectivity index is 1.15. The number of nitrogens with zero attached hydrogens (tertiary/aromatic N) is 4. The molecule has 1 saturated heterocycles. The van der Waals surface area contributed by atoms with E-state index in [0.717, 1.165) is 44.6 Å². The van der Waals surface area contributed by atoms with Gasteiger partial charge >= 0.3 is 0 Å². The van der Waals surface area contributed by atoms with E-state index in [4.69, 9.17) is 13.7 Å². The van der Waals surface area contributed by atoms with Gasteiger partial charge in [0.1, 0.15) is 18.3 Å². The highest BCUT2D eigenvalue weighted by Gasteiger charge is 2.25. The Morgan fingerprint density at radius 2 is 2.03 bits per heavy atom. The average Bonchev–Trinajstić information content (AvgIpc) is 3.48. The van der Waals surface area contributed by atoms with Gasteiger partial charge in [-0.25, -0.2) is 0 Å². The maximum Gasteiger partial charge on any atom is 0.227 e. The minimum Gasteiger partial charge on any atom is -0.598 e. The normalized spacial score (nSPS) is 18.4. The first kappa shape index (κ1) is 22.1. The number of rotatable bonds is 7. The van der Waals surface area contributed by atoms with Crippen molar-refractivity contribution in [1.82, 2.24) is 19.3 Å². The van der Waals surface area contributed by atoms with Crippen molar-refractivity contribution in [2.24, 2.45) is 5.92 Å². The molecule has 0 spiro atoms. The predicted molar refractivity (Wildman–Crippen MR) is 122 cm³/mol. The topological polar surface area (TPSA) is 108 Å². The van der Waals surface area contributed by atoms with Crippen LogP contribution >= 0.6 is 0 Å². The van der Waals surface area contributed by atoms with Crippen LogP contribution in [0.1, 0.15) is 29.7 Å². The van der Waals surface area contributed by atoms with Crippen molar-refractivity contribution in [2.75, 3.05) is 26.0 Å². The van der Waals surface area contributed by atoms with Gasteiger partial charge in [0.2, 0.25) is 23.4 Å². The summed E-state index contributed by atoms with van der Waals surface area (Å²) >= 11 is -0.923. The van der Waals surface area contributed by atoms with Crippen molar-refractivity contribution in [3.05, 3.63) is 64.0 Å². The Kier molecular flexibility index (Phi) is 6.50. The molecule has 10 heteroatoms. The Morgan fingerprint density at radius 1 is 1.21 bits per heavy atom. The minimum absolute atomic E-state index is 0.167. The van der Waals surface area contributed by atoms with Crippen molar-refractivity contribution >= 4 is 11.4 Å². The van der Waals surface area contributed by atoms with E-state index < -0.39 is 11.4 Å². The smallest absolute Gasteiger partial charge is 0.227 e. The number of fused-ring (bicyclic) bond motifs is 1. The van der Waals surface area contributed by atoms with Crippen LogP contribution in [0, 0.1) is 5.92 Å². The fraction of sp³-hybridized carbons (Fsp3) is 0.435. The molecule has 174 valence electrons. The zero-order valence-electron chi connectivity index (χ0n) is 18.4. The third kappa shape index (κ3) is 5.14. The first-order valence-corrected chi connectivity index (χ1v) is 12.5. The molecule has 2 aliphatic heterocycles. The summed E-state index contributed by atoms with van der Waals surface area (Å²) in [7, 11) is 0. The van der Waals surface area contributed by atoms with E-state index in [1.54, 1.807) is 6.26 Å². The summed E-state index contributed by atoms with van der Waals surface area (Å²) in [5.74, 6) is 1.78. The molecule has 33 heavy (non-hydrogen) atoms. The van der Waals surface area contributed by atoms with E-state index >= 15 is 0 Å². The molecule has 2 aliphatic rings. The molecule has 4 heterocycles. The first-order chi connectivity index (χ1) is 16.0. The third-order valence-electron chi connectivity index (χ3n) is 6.26. The number of hydrogen-bond acceptors (Lipinski definition) is 9. The molecule has 0 amide bonds. The second kappa shape index (κ2) is 9.68. The van der Waals surface area contributed by atoms with Gasteiger partial charge in [-0.15, -0.1) is 4.31 Å². The van der Waals surface area contributed by atoms with Gasteiger partial charge in [0.05, 0.1) is 13.2 Å². The van der Waals surface area contributed by atoms with Crippen LogP contribution in [0.5, 0.6) is 5.75 Å². The van der Waals surface area contributed by atoms with Crippen molar-refractivity contribution in [2.45, 2.75) is 32.5 Å². The molecule has 1 unspecified atom stereocenters. The summed E-state index contributed by atoms with van der Waals surface area (Å²) < 4.78 is 29.8. The fourth-order valence-electron chi connectivity index (χ4n) is 4.40. The second-order valence-corrected chi connectivity index (χ2v) is 9.93. The summed E-state index contributed by atoms with van der Waals surface area (Å²) in [4.78, 5) is 18.9. The quantitative estimate of drug-likeness (QED) is 0.481. The number of benzene rings is 1. The summed E-state index contributed by atoms with van der Waals surface area (Å²) in [6.07, 6.45) is 6.27. The zero-order valence-corrected chi connectivity index (χ0v) is 19.3. The minimum atomic E-state index is -0.923. The molecule has 1 aromatic carbocycles.